The van der Waals surface area contributed by atoms with Gasteiger partial charge in [0, 0.05) is 22.0 Å². The first-order valence-electron chi connectivity index (χ1n) is 10.3. The molecule has 1 aliphatic heterocycles. The van der Waals surface area contributed by atoms with Crippen LogP contribution >= 0.6 is 23.4 Å². The minimum atomic E-state index is -3.78. The molecule has 34 heavy (non-hydrogen) atoms. The lowest BCUT2D eigenvalue weighted by molar-refractivity contribution is 0.0994. The van der Waals surface area contributed by atoms with Crippen molar-refractivity contribution in [3.63, 3.8) is 0 Å². The molecule has 0 aromatic heterocycles. The number of hydrogen-bond donors (Lipinski definition) is 5. The predicted molar refractivity (Wildman–Crippen MR) is 133 cm³/mol. The molecule has 8 nitrogen and oxygen atoms in total. The second kappa shape index (κ2) is 10.3. The lowest BCUT2D eigenvalue weighted by Gasteiger charge is -2.14. The summed E-state index contributed by atoms with van der Waals surface area (Å²) in [5.74, 6) is -0.350. The van der Waals surface area contributed by atoms with Crippen molar-refractivity contribution < 1.29 is 23.4 Å². The Morgan fingerprint density at radius 2 is 1.71 bits per heavy atom. The molecule has 3 aromatic carbocycles. The number of carbonyl (C=O) groups excluding carboxylic acids is 1. The molecular formula is C23H22ClN3O5S2. The van der Waals surface area contributed by atoms with Gasteiger partial charge in [-0.3, -0.25) is 14.8 Å². The number of rotatable bonds is 7. The summed E-state index contributed by atoms with van der Waals surface area (Å²) in [5, 5.41) is 25.2. The summed E-state index contributed by atoms with van der Waals surface area (Å²) < 4.78 is 27.5. The molecule has 3 atom stereocenters. The van der Waals surface area contributed by atoms with Crippen molar-refractivity contribution in [3.05, 3.63) is 88.9 Å². The predicted octanol–water partition coefficient (Wildman–Crippen LogP) is 3.23. The van der Waals surface area contributed by atoms with Crippen LogP contribution in [0.1, 0.15) is 15.9 Å². The molecule has 3 aromatic rings. The van der Waals surface area contributed by atoms with Crippen molar-refractivity contribution in [2.75, 3.05) is 10.0 Å². The van der Waals surface area contributed by atoms with E-state index in [4.69, 9.17) is 11.6 Å². The molecule has 1 amide bonds. The number of thioether (sulfide) groups is 1. The van der Waals surface area contributed by atoms with E-state index in [9.17, 15) is 23.4 Å². The summed E-state index contributed by atoms with van der Waals surface area (Å²) >= 11 is 7.05. The number of aliphatic hydroxyl groups excluding tert-OH is 2. The number of benzene rings is 3. The molecule has 1 heterocycles. The van der Waals surface area contributed by atoms with Crippen LogP contribution in [0.15, 0.2) is 77.7 Å². The Morgan fingerprint density at radius 1 is 1.00 bits per heavy atom. The van der Waals surface area contributed by atoms with Crippen LogP contribution in [0.2, 0.25) is 5.02 Å². The van der Waals surface area contributed by atoms with Gasteiger partial charge in [-0.05, 0) is 72.6 Å². The molecule has 5 N–H and O–H groups in total. The van der Waals surface area contributed by atoms with E-state index in [-0.39, 0.29) is 16.1 Å². The third kappa shape index (κ3) is 6.09. The SMILES string of the molecule is O=C(Nc1cccc(CC2SC(O)NC2O)c1)c1ccc(NS(=O)(=O)c2ccc(Cl)cc2)cc1. The summed E-state index contributed by atoms with van der Waals surface area (Å²) in [4.78, 5) is 12.7. The molecule has 1 aliphatic rings. The van der Waals surface area contributed by atoms with Crippen LogP contribution in [0.5, 0.6) is 0 Å². The number of nitrogens with one attached hydrogen (secondary N) is 3. The highest BCUT2D eigenvalue weighted by Gasteiger charge is 2.31. The quantitative estimate of drug-likeness (QED) is 0.324. The van der Waals surface area contributed by atoms with Gasteiger partial charge in [0.1, 0.15) is 6.23 Å². The van der Waals surface area contributed by atoms with Crippen LogP contribution in [0.3, 0.4) is 0 Å². The molecule has 4 rings (SSSR count). The van der Waals surface area contributed by atoms with Crippen molar-refractivity contribution in [3.8, 4) is 0 Å². The van der Waals surface area contributed by atoms with Gasteiger partial charge in [-0.1, -0.05) is 23.7 Å². The lowest BCUT2D eigenvalue weighted by atomic mass is 10.1. The topological polar surface area (TPSA) is 128 Å². The van der Waals surface area contributed by atoms with Gasteiger partial charge in [0.15, 0.2) is 5.56 Å². The summed E-state index contributed by atoms with van der Waals surface area (Å²) in [6.45, 7) is 0. The first-order valence-corrected chi connectivity index (χ1v) is 13.1. The number of anilines is 2. The number of carbonyl (C=O) groups is 1. The molecule has 0 aliphatic carbocycles. The minimum Gasteiger partial charge on any atom is -0.377 e. The normalized spacial score (nSPS) is 20.1. The monoisotopic (exact) mass is 519 g/mol. The van der Waals surface area contributed by atoms with Gasteiger partial charge in [-0.15, -0.1) is 11.8 Å². The number of hydrogen-bond acceptors (Lipinski definition) is 7. The molecule has 178 valence electrons. The smallest absolute Gasteiger partial charge is 0.261 e. The highest BCUT2D eigenvalue weighted by molar-refractivity contribution is 8.00. The van der Waals surface area contributed by atoms with Crippen molar-refractivity contribution in [2.24, 2.45) is 0 Å². The second-order valence-corrected chi connectivity index (χ2v) is 11.1. The second-order valence-electron chi connectivity index (χ2n) is 7.63. The Kier molecular flexibility index (Phi) is 7.46. The highest BCUT2D eigenvalue weighted by atomic mass is 35.5. The molecule has 1 saturated heterocycles. The molecule has 0 bridgehead atoms. The van der Waals surface area contributed by atoms with Crippen LogP contribution in [0, 0.1) is 0 Å². The van der Waals surface area contributed by atoms with E-state index in [0.717, 1.165) is 5.56 Å². The third-order valence-electron chi connectivity index (χ3n) is 5.11. The molecule has 3 unspecified atom stereocenters. The number of aliphatic hydroxyl groups is 2. The molecule has 11 heteroatoms. The Bertz CT molecular complexity index is 1270. The average molecular weight is 520 g/mol. The Morgan fingerprint density at radius 3 is 2.35 bits per heavy atom. The fourth-order valence-electron chi connectivity index (χ4n) is 3.42. The van der Waals surface area contributed by atoms with E-state index in [0.29, 0.717) is 28.4 Å². The van der Waals surface area contributed by atoms with E-state index in [1.54, 1.807) is 12.1 Å². The number of halogens is 1. The third-order valence-corrected chi connectivity index (χ3v) is 7.93. The number of sulfonamides is 1. The van der Waals surface area contributed by atoms with Gasteiger partial charge < -0.3 is 15.5 Å². The maximum absolute atomic E-state index is 12.7. The van der Waals surface area contributed by atoms with Crippen molar-refractivity contribution in [1.82, 2.24) is 5.32 Å². The van der Waals surface area contributed by atoms with Crippen LogP contribution in [-0.2, 0) is 16.4 Å². The van der Waals surface area contributed by atoms with Crippen LogP contribution in [0.25, 0.3) is 0 Å². The Balaban J connectivity index is 1.39. The summed E-state index contributed by atoms with van der Waals surface area (Å²) in [6.07, 6.45) is -0.295. The van der Waals surface area contributed by atoms with Crippen LogP contribution in [-0.4, -0.2) is 41.6 Å². The molecule has 0 saturated carbocycles. The zero-order valence-corrected chi connectivity index (χ0v) is 20.1. The largest absolute Gasteiger partial charge is 0.377 e. The Labute approximate surface area is 206 Å². The van der Waals surface area contributed by atoms with E-state index >= 15 is 0 Å². The fourth-order valence-corrected chi connectivity index (χ4v) is 5.67. The van der Waals surface area contributed by atoms with Crippen molar-refractivity contribution in [2.45, 2.75) is 28.4 Å². The van der Waals surface area contributed by atoms with Gasteiger partial charge in [0.25, 0.3) is 15.9 Å². The van der Waals surface area contributed by atoms with Gasteiger partial charge in [0.2, 0.25) is 0 Å². The minimum absolute atomic E-state index is 0.0763. The first kappa shape index (κ1) is 24.5. The van der Waals surface area contributed by atoms with Gasteiger partial charge in [-0.2, -0.15) is 0 Å². The maximum Gasteiger partial charge on any atom is 0.261 e. The van der Waals surface area contributed by atoms with E-state index < -0.39 is 21.8 Å². The number of amides is 1. The highest BCUT2D eigenvalue weighted by Crippen LogP contribution is 2.28. The van der Waals surface area contributed by atoms with Crippen LogP contribution < -0.4 is 15.4 Å². The van der Waals surface area contributed by atoms with E-state index in [2.05, 4.69) is 15.4 Å². The van der Waals surface area contributed by atoms with Crippen molar-refractivity contribution >= 4 is 50.7 Å². The zero-order chi connectivity index (χ0) is 24.3. The molecule has 0 radical (unpaired) electrons. The Hall–Kier alpha value is -2.60. The summed E-state index contributed by atoms with van der Waals surface area (Å²) in [6, 6.07) is 19.1. The van der Waals surface area contributed by atoms with Gasteiger partial charge in [0.05, 0.1) is 10.1 Å². The fraction of sp³-hybridized carbons (Fsp3) is 0.174. The molecule has 0 spiro atoms. The van der Waals surface area contributed by atoms with E-state index in [1.807, 2.05) is 12.1 Å². The first-order chi connectivity index (χ1) is 16.2. The molecular weight excluding hydrogens is 498 g/mol. The zero-order valence-electron chi connectivity index (χ0n) is 17.7. The maximum atomic E-state index is 12.7. The summed E-state index contributed by atoms with van der Waals surface area (Å²) in [5.41, 5.74) is 1.35. The summed E-state index contributed by atoms with van der Waals surface area (Å²) in [7, 11) is -3.78. The average Bonchev–Trinajstić information content (AvgIpc) is 3.11. The lowest BCUT2D eigenvalue weighted by Crippen LogP contribution is -2.33. The van der Waals surface area contributed by atoms with Gasteiger partial charge in [-0.25, -0.2) is 8.42 Å². The molecule has 1 fully saturated rings. The standard InChI is InChI=1S/C23H22ClN3O5S2/c24-16-6-10-19(11-7-16)34(31,32)27-17-8-4-15(5-9-17)21(28)25-18-3-1-2-14(12-18)13-20-22(29)26-23(30)33-20/h1-12,20,22-23,26-27,29-30H,13H2,(H,25,28). The van der Waals surface area contributed by atoms with Crippen LogP contribution in [0.4, 0.5) is 11.4 Å². The van der Waals surface area contributed by atoms with Gasteiger partial charge >= 0.3 is 0 Å². The van der Waals surface area contributed by atoms with Crippen molar-refractivity contribution in [1.29, 1.82) is 0 Å². The van der Waals surface area contributed by atoms with E-state index in [1.165, 1.54) is 60.3 Å².